The van der Waals surface area contributed by atoms with Crippen LogP contribution in [0.25, 0.3) is 0 Å². The first kappa shape index (κ1) is 13.3. The molecule has 19 heavy (non-hydrogen) atoms. The summed E-state index contributed by atoms with van der Waals surface area (Å²) in [4.78, 5) is 37.0. The summed E-state index contributed by atoms with van der Waals surface area (Å²) >= 11 is 0. The molecular formula is C14H16N2O3. The number of nitrogens with zero attached hydrogens (tertiary/aromatic N) is 1. The fraction of sp³-hybridized carbons (Fsp3) is 0.357. The van der Waals surface area contributed by atoms with Gasteiger partial charge in [0.15, 0.2) is 0 Å². The van der Waals surface area contributed by atoms with Crippen molar-refractivity contribution in [3.8, 4) is 0 Å². The van der Waals surface area contributed by atoms with E-state index in [2.05, 4.69) is 0 Å². The largest absolute Gasteiger partial charge is 0.368 e. The molecule has 0 radical (unpaired) electrons. The van der Waals surface area contributed by atoms with Gasteiger partial charge in [0, 0.05) is 0 Å². The van der Waals surface area contributed by atoms with Gasteiger partial charge in [0.1, 0.15) is 6.04 Å². The topological polar surface area (TPSA) is 80.5 Å². The summed E-state index contributed by atoms with van der Waals surface area (Å²) in [5, 5.41) is 0. The highest BCUT2D eigenvalue weighted by molar-refractivity contribution is 6.22. The fourth-order valence-electron chi connectivity index (χ4n) is 2.29. The Balaban J connectivity index is 2.39. The van der Waals surface area contributed by atoms with Crippen molar-refractivity contribution in [1.29, 1.82) is 0 Å². The maximum Gasteiger partial charge on any atom is 0.262 e. The number of amides is 3. The number of benzene rings is 1. The minimum atomic E-state index is -0.882. The van der Waals surface area contributed by atoms with Gasteiger partial charge in [-0.3, -0.25) is 19.3 Å². The van der Waals surface area contributed by atoms with E-state index in [4.69, 9.17) is 5.73 Å². The lowest BCUT2D eigenvalue weighted by Crippen LogP contribution is -2.48. The van der Waals surface area contributed by atoms with Gasteiger partial charge in [-0.15, -0.1) is 0 Å². The quantitative estimate of drug-likeness (QED) is 0.825. The van der Waals surface area contributed by atoms with Gasteiger partial charge in [-0.1, -0.05) is 26.0 Å². The number of rotatable bonds is 4. The number of carbonyl (C=O) groups excluding carboxylic acids is 3. The van der Waals surface area contributed by atoms with Crippen molar-refractivity contribution in [2.75, 3.05) is 0 Å². The molecule has 100 valence electrons. The minimum absolute atomic E-state index is 0.154. The molecule has 1 aliphatic rings. The smallest absolute Gasteiger partial charge is 0.262 e. The molecule has 2 N–H and O–H groups in total. The summed E-state index contributed by atoms with van der Waals surface area (Å²) in [6, 6.07) is 5.67. The zero-order valence-electron chi connectivity index (χ0n) is 10.9. The van der Waals surface area contributed by atoms with Crippen LogP contribution in [0.3, 0.4) is 0 Å². The molecule has 0 saturated heterocycles. The molecule has 2 rings (SSSR count). The van der Waals surface area contributed by atoms with Crippen LogP contribution in [0, 0.1) is 5.92 Å². The van der Waals surface area contributed by atoms with Crippen LogP contribution in [-0.2, 0) is 4.79 Å². The van der Waals surface area contributed by atoms with Gasteiger partial charge in [0.2, 0.25) is 5.91 Å². The Kier molecular flexibility index (Phi) is 3.38. The summed E-state index contributed by atoms with van der Waals surface area (Å²) in [5.41, 5.74) is 6.01. The lowest BCUT2D eigenvalue weighted by molar-refractivity contribution is -0.122. The van der Waals surface area contributed by atoms with Gasteiger partial charge < -0.3 is 5.73 Å². The van der Waals surface area contributed by atoms with E-state index in [9.17, 15) is 14.4 Å². The van der Waals surface area contributed by atoms with Crippen LogP contribution < -0.4 is 5.73 Å². The van der Waals surface area contributed by atoms with E-state index in [-0.39, 0.29) is 5.92 Å². The molecule has 0 unspecified atom stereocenters. The van der Waals surface area contributed by atoms with Crippen LogP contribution in [0.5, 0.6) is 0 Å². The third-order valence-electron chi connectivity index (χ3n) is 3.16. The molecule has 0 spiro atoms. The predicted octanol–water partition coefficient (Wildman–Crippen LogP) is 1.18. The molecule has 0 aliphatic carbocycles. The zero-order valence-corrected chi connectivity index (χ0v) is 10.9. The van der Waals surface area contributed by atoms with Crippen molar-refractivity contribution >= 4 is 17.7 Å². The van der Waals surface area contributed by atoms with E-state index in [1.807, 2.05) is 13.8 Å². The highest BCUT2D eigenvalue weighted by Gasteiger charge is 2.41. The van der Waals surface area contributed by atoms with E-state index < -0.39 is 23.8 Å². The lowest BCUT2D eigenvalue weighted by Gasteiger charge is -2.24. The van der Waals surface area contributed by atoms with Crippen LogP contribution in [0.2, 0.25) is 0 Å². The van der Waals surface area contributed by atoms with Crippen LogP contribution in [-0.4, -0.2) is 28.7 Å². The van der Waals surface area contributed by atoms with Crippen molar-refractivity contribution in [3.05, 3.63) is 35.4 Å². The van der Waals surface area contributed by atoms with E-state index in [1.165, 1.54) is 0 Å². The van der Waals surface area contributed by atoms with Gasteiger partial charge in [-0.2, -0.15) is 0 Å². The van der Waals surface area contributed by atoms with Gasteiger partial charge in [0.05, 0.1) is 11.1 Å². The SMILES string of the molecule is CC(C)C[C@H](C(N)=O)N1C(=O)c2ccccc2C1=O. The van der Waals surface area contributed by atoms with Crippen molar-refractivity contribution in [2.24, 2.45) is 11.7 Å². The number of primary amides is 1. The number of hydrogen-bond acceptors (Lipinski definition) is 3. The first-order valence-electron chi connectivity index (χ1n) is 6.19. The monoisotopic (exact) mass is 260 g/mol. The number of nitrogens with two attached hydrogens (primary N) is 1. The van der Waals surface area contributed by atoms with Crippen LogP contribution >= 0.6 is 0 Å². The molecule has 0 saturated carbocycles. The third-order valence-corrected chi connectivity index (χ3v) is 3.16. The predicted molar refractivity (Wildman–Crippen MR) is 69.4 cm³/mol. The summed E-state index contributed by atoms with van der Waals surface area (Å²) in [6.45, 7) is 3.82. The average molecular weight is 260 g/mol. The Hall–Kier alpha value is -2.17. The van der Waals surface area contributed by atoms with Gasteiger partial charge in [-0.05, 0) is 24.5 Å². The molecule has 3 amide bonds. The van der Waals surface area contributed by atoms with Crippen LogP contribution in [0.15, 0.2) is 24.3 Å². The molecule has 1 aromatic carbocycles. The van der Waals surface area contributed by atoms with E-state index in [0.717, 1.165) is 4.90 Å². The molecule has 5 nitrogen and oxygen atoms in total. The van der Waals surface area contributed by atoms with E-state index >= 15 is 0 Å². The molecule has 1 aliphatic heterocycles. The minimum Gasteiger partial charge on any atom is -0.368 e. The molecule has 1 aromatic rings. The lowest BCUT2D eigenvalue weighted by atomic mass is 10.0. The summed E-state index contributed by atoms with van der Waals surface area (Å²) in [6.07, 6.45) is 0.376. The second-order valence-electron chi connectivity index (χ2n) is 5.07. The number of hydrogen-bond donors (Lipinski definition) is 1. The molecular weight excluding hydrogens is 244 g/mol. The maximum absolute atomic E-state index is 12.2. The van der Waals surface area contributed by atoms with Crippen molar-refractivity contribution in [2.45, 2.75) is 26.3 Å². The van der Waals surface area contributed by atoms with Crippen molar-refractivity contribution < 1.29 is 14.4 Å². The molecule has 0 fully saturated rings. The second-order valence-corrected chi connectivity index (χ2v) is 5.07. The number of fused-ring (bicyclic) bond motifs is 1. The molecule has 5 heteroatoms. The van der Waals surface area contributed by atoms with Crippen LogP contribution in [0.1, 0.15) is 41.0 Å². The highest BCUT2D eigenvalue weighted by Crippen LogP contribution is 2.26. The third kappa shape index (κ3) is 2.23. The summed E-state index contributed by atoms with van der Waals surface area (Å²) < 4.78 is 0. The molecule has 1 atom stereocenters. The number of imide groups is 1. The first-order valence-corrected chi connectivity index (χ1v) is 6.19. The summed E-state index contributed by atoms with van der Waals surface area (Å²) in [7, 11) is 0. The van der Waals surface area contributed by atoms with Crippen molar-refractivity contribution in [3.63, 3.8) is 0 Å². The Morgan fingerprint density at radius 2 is 1.63 bits per heavy atom. The van der Waals surface area contributed by atoms with E-state index in [0.29, 0.717) is 17.5 Å². The normalized spacial score (nSPS) is 15.8. The Labute approximate surface area is 111 Å². The summed E-state index contributed by atoms with van der Waals surface area (Å²) in [5.74, 6) is -1.37. The first-order chi connectivity index (χ1) is 8.93. The van der Waals surface area contributed by atoms with E-state index in [1.54, 1.807) is 24.3 Å². The number of carbonyl (C=O) groups is 3. The Bertz CT molecular complexity index is 516. The Morgan fingerprint density at radius 1 is 1.16 bits per heavy atom. The van der Waals surface area contributed by atoms with Gasteiger partial charge >= 0.3 is 0 Å². The van der Waals surface area contributed by atoms with Crippen LogP contribution in [0.4, 0.5) is 0 Å². The molecule has 0 aromatic heterocycles. The van der Waals surface area contributed by atoms with Gasteiger partial charge in [0.25, 0.3) is 11.8 Å². The molecule has 1 heterocycles. The average Bonchev–Trinajstić information content (AvgIpc) is 2.60. The van der Waals surface area contributed by atoms with Gasteiger partial charge in [-0.25, -0.2) is 0 Å². The fourth-order valence-corrected chi connectivity index (χ4v) is 2.29. The molecule has 0 bridgehead atoms. The highest BCUT2D eigenvalue weighted by atomic mass is 16.2. The maximum atomic E-state index is 12.2. The zero-order chi connectivity index (χ0) is 14.2. The standard InChI is InChI=1S/C14H16N2O3/c1-8(2)7-11(12(15)17)16-13(18)9-5-3-4-6-10(9)14(16)19/h3-6,8,11H,7H2,1-2H3,(H2,15,17)/t11-/m1/s1. The second kappa shape index (κ2) is 4.84. The van der Waals surface area contributed by atoms with Crippen molar-refractivity contribution in [1.82, 2.24) is 4.90 Å². The Morgan fingerprint density at radius 3 is 2.00 bits per heavy atom.